The molecule has 0 aromatic carbocycles. The minimum absolute atomic E-state index is 0.422. The van der Waals surface area contributed by atoms with Crippen molar-refractivity contribution in [3.05, 3.63) is 18.2 Å². The van der Waals surface area contributed by atoms with E-state index in [4.69, 9.17) is 0 Å². The topological polar surface area (TPSA) is 29.9 Å². The van der Waals surface area contributed by atoms with Gasteiger partial charge in [-0.2, -0.15) is 8.78 Å². The van der Waals surface area contributed by atoms with Crippen molar-refractivity contribution in [3.8, 4) is 0 Å². The van der Waals surface area contributed by atoms with Gasteiger partial charge >= 0.3 is 6.55 Å². The minimum Gasteiger partial charge on any atom is -0.307 e. The number of rotatable bonds is 6. The van der Waals surface area contributed by atoms with E-state index in [1.165, 1.54) is 38.1 Å². The van der Waals surface area contributed by atoms with Crippen molar-refractivity contribution >= 4 is 0 Å². The first-order chi connectivity index (χ1) is 9.20. The van der Waals surface area contributed by atoms with Crippen molar-refractivity contribution in [2.75, 3.05) is 0 Å². The molecule has 0 spiro atoms. The first-order valence-electron chi connectivity index (χ1n) is 7.24. The summed E-state index contributed by atoms with van der Waals surface area (Å²) in [6, 6.07) is 0.455. The van der Waals surface area contributed by atoms with Gasteiger partial charge < -0.3 is 5.32 Å². The van der Waals surface area contributed by atoms with Crippen molar-refractivity contribution in [2.24, 2.45) is 5.92 Å². The Kier molecular flexibility index (Phi) is 5.31. The molecule has 1 aliphatic carbocycles. The van der Waals surface area contributed by atoms with E-state index in [0.717, 1.165) is 23.3 Å². The number of nitrogens with zero attached hydrogens (tertiary/aromatic N) is 2. The summed E-state index contributed by atoms with van der Waals surface area (Å²) in [5.41, 5.74) is 0. The van der Waals surface area contributed by atoms with Gasteiger partial charge in [0, 0.05) is 18.4 Å². The van der Waals surface area contributed by atoms with Gasteiger partial charge in [-0.25, -0.2) is 4.98 Å². The Labute approximate surface area is 113 Å². The van der Waals surface area contributed by atoms with Crippen LogP contribution in [0.2, 0.25) is 0 Å². The molecule has 2 rings (SSSR count). The van der Waals surface area contributed by atoms with Crippen molar-refractivity contribution in [3.63, 3.8) is 0 Å². The number of halogens is 2. The number of hydrogen-bond donors (Lipinski definition) is 1. The monoisotopic (exact) mass is 271 g/mol. The van der Waals surface area contributed by atoms with E-state index >= 15 is 0 Å². The molecule has 0 amide bonds. The molecule has 0 atom stereocenters. The molecule has 0 radical (unpaired) electrons. The van der Waals surface area contributed by atoms with Crippen LogP contribution in [0.25, 0.3) is 0 Å². The molecule has 1 saturated carbocycles. The third-order valence-corrected chi connectivity index (χ3v) is 4.05. The molecule has 1 heterocycles. The van der Waals surface area contributed by atoms with Gasteiger partial charge in [-0.3, -0.25) is 4.57 Å². The maximum Gasteiger partial charge on any atom is 0.319 e. The average Bonchev–Trinajstić information content (AvgIpc) is 2.87. The van der Waals surface area contributed by atoms with Gasteiger partial charge in [-0.05, 0) is 31.6 Å². The Morgan fingerprint density at radius 1 is 1.37 bits per heavy atom. The molecule has 1 fully saturated rings. The van der Waals surface area contributed by atoms with Gasteiger partial charge in [-0.15, -0.1) is 0 Å². The van der Waals surface area contributed by atoms with Crippen LogP contribution in [0.15, 0.2) is 12.4 Å². The van der Waals surface area contributed by atoms with Gasteiger partial charge in [0.1, 0.15) is 5.82 Å². The number of hydrogen-bond acceptors (Lipinski definition) is 2. The largest absolute Gasteiger partial charge is 0.319 e. The predicted molar refractivity (Wildman–Crippen MR) is 71.0 cm³/mol. The highest BCUT2D eigenvalue weighted by Crippen LogP contribution is 2.27. The van der Waals surface area contributed by atoms with Crippen LogP contribution in [-0.4, -0.2) is 15.6 Å². The zero-order valence-corrected chi connectivity index (χ0v) is 11.5. The lowest BCUT2D eigenvalue weighted by Crippen LogP contribution is -2.33. The molecule has 1 aromatic rings. The molecular formula is C14H23F2N3. The van der Waals surface area contributed by atoms with E-state index in [2.05, 4.69) is 17.2 Å². The molecule has 19 heavy (non-hydrogen) atoms. The van der Waals surface area contributed by atoms with Crippen LogP contribution in [-0.2, 0) is 6.54 Å². The zero-order valence-electron chi connectivity index (χ0n) is 11.5. The molecule has 0 unspecified atom stereocenters. The van der Waals surface area contributed by atoms with Crippen LogP contribution in [0, 0.1) is 5.92 Å². The molecule has 0 saturated heterocycles. The number of nitrogens with one attached hydrogen (secondary N) is 1. The maximum atomic E-state index is 12.7. The summed E-state index contributed by atoms with van der Waals surface area (Å²) in [5.74, 6) is 1.29. The van der Waals surface area contributed by atoms with Crippen LogP contribution in [0.5, 0.6) is 0 Å². The maximum absolute atomic E-state index is 12.7. The van der Waals surface area contributed by atoms with Crippen molar-refractivity contribution in [2.45, 2.75) is 64.6 Å². The summed E-state index contributed by atoms with van der Waals surface area (Å²) in [5, 5.41) is 3.37. The van der Waals surface area contributed by atoms with Crippen LogP contribution < -0.4 is 5.32 Å². The fourth-order valence-electron chi connectivity index (χ4n) is 2.96. The second-order valence-electron chi connectivity index (χ2n) is 5.42. The summed E-state index contributed by atoms with van der Waals surface area (Å²) in [6.07, 6.45) is 10.2. The second kappa shape index (κ2) is 6.98. The molecule has 0 aliphatic heterocycles. The van der Waals surface area contributed by atoms with E-state index in [0.29, 0.717) is 18.4 Å². The molecule has 1 aliphatic rings. The summed E-state index contributed by atoms with van der Waals surface area (Å²) >= 11 is 0. The normalized spacial score (nSPS) is 24.0. The smallest absolute Gasteiger partial charge is 0.307 e. The molecule has 1 N–H and O–H groups in total. The first kappa shape index (κ1) is 14.4. The standard InChI is InChI=1S/C14H23F2N3/c1-2-3-11-4-6-12(7-5-11)18-10-13-17-8-9-19(13)14(15)16/h8-9,11-12,14,18H,2-7,10H2,1H3. The van der Waals surface area contributed by atoms with Crippen LogP contribution in [0.3, 0.4) is 0 Å². The van der Waals surface area contributed by atoms with Gasteiger partial charge in [0.05, 0.1) is 6.54 Å². The quantitative estimate of drug-likeness (QED) is 0.854. The highest BCUT2D eigenvalue weighted by atomic mass is 19.3. The van der Waals surface area contributed by atoms with Crippen LogP contribution in [0.4, 0.5) is 8.78 Å². The molecule has 3 nitrogen and oxygen atoms in total. The van der Waals surface area contributed by atoms with Gasteiger partial charge in [0.2, 0.25) is 0 Å². The van der Waals surface area contributed by atoms with Gasteiger partial charge in [0.15, 0.2) is 0 Å². The van der Waals surface area contributed by atoms with E-state index in [1.54, 1.807) is 0 Å². The highest BCUT2D eigenvalue weighted by Gasteiger charge is 2.21. The summed E-state index contributed by atoms with van der Waals surface area (Å²) in [4.78, 5) is 3.99. The lowest BCUT2D eigenvalue weighted by Gasteiger charge is -2.29. The number of alkyl halides is 2. The van der Waals surface area contributed by atoms with E-state index in [1.807, 2.05) is 0 Å². The molecule has 1 aromatic heterocycles. The Balaban J connectivity index is 1.76. The fraction of sp³-hybridized carbons (Fsp3) is 0.786. The first-order valence-corrected chi connectivity index (χ1v) is 7.24. The second-order valence-corrected chi connectivity index (χ2v) is 5.42. The zero-order chi connectivity index (χ0) is 13.7. The molecule has 5 heteroatoms. The lowest BCUT2D eigenvalue weighted by atomic mass is 9.83. The summed E-state index contributed by atoms with van der Waals surface area (Å²) in [6.45, 7) is 0.161. The Morgan fingerprint density at radius 2 is 2.11 bits per heavy atom. The van der Waals surface area contributed by atoms with Gasteiger partial charge in [0.25, 0.3) is 0 Å². The summed E-state index contributed by atoms with van der Waals surface area (Å²) in [7, 11) is 0. The SMILES string of the molecule is CCCC1CCC(NCc2nccn2C(F)F)CC1. The molecule has 108 valence electrons. The van der Waals surface area contributed by atoms with E-state index in [9.17, 15) is 8.78 Å². The Hall–Kier alpha value is -0.970. The van der Waals surface area contributed by atoms with Crippen molar-refractivity contribution in [1.82, 2.24) is 14.9 Å². The van der Waals surface area contributed by atoms with Crippen molar-refractivity contribution in [1.29, 1.82) is 0 Å². The van der Waals surface area contributed by atoms with Gasteiger partial charge in [-0.1, -0.05) is 19.8 Å². The fourth-order valence-corrected chi connectivity index (χ4v) is 2.96. The van der Waals surface area contributed by atoms with Crippen molar-refractivity contribution < 1.29 is 8.78 Å². The van der Waals surface area contributed by atoms with Crippen LogP contribution >= 0.6 is 0 Å². The third kappa shape index (κ3) is 4.00. The minimum atomic E-state index is -2.50. The average molecular weight is 271 g/mol. The lowest BCUT2D eigenvalue weighted by molar-refractivity contribution is 0.0663. The van der Waals surface area contributed by atoms with Crippen LogP contribution in [0.1, 0.15) is 57.8 Å². The summed E-state index contributed by atoms with van der Waals surface area (Å²) < 4.78 is 26.2. The molecule has 0 bridgehead atoms. The third-order valence-electron chi connectivity index (χ3n) is 4.05. The van der Waals surface area contributed by atoms with E-state index in [-0.39, 0.29) is 0 Å². The molecular weight excluding hydrogens is 248 g/mol. The van der Waals surface area contributed by atoms with E-state index < -0.39 is 6.55 Å². The predicted octanol–water partition coefficient (Wildman–Crippen LogP) is 3.73. The number of imidazole rings is 1. The Bertz CT molecular complexity index is 371. The Morgan fingerprint density at radius 3 is 2.74 bits per heavy atom. The highest BCUT2D eigenvalue weighted by molar-refractivity contribution is 4.93. The number of aromatic nitrogens is 2.